The number of benzene rings is 1. The second-order valence-corrected chi connectivity index (χ2v) is 5.15. The van der Waals surface area contributed by atoms with Crippen molar-refractivity contribution in [2.75, 3.05) is 26.8 Å². The van der Waals surface area contributed by atoms with Gasteiger partial charge >= 0.3 is 0 Å². The highest BCUT2D eigenvalue weighted by Gasteiger charge is 2.23. The number of amides is 1. The summed E-state index contributed by atoms with van der Waals surface area (Å²) in [6, 6.07) is 6.16. The summed E-state index contributed by atoms with van der Waals surface area (Å²) >= 11 is 0. The molecular weight excluding hydrogens is 310 g/mol. The number of hydrogen-bond donors (Lipinski definition) is 2. The summed E-state index contributed by atoms with van der Waals surface area (Å²) < 4.78 is 4.88. The van der Waals surface area contributed by atoms with Crippen LogP contribution in [-0.4, -0.2) is 37.6 Å². The summed E-state index contributed by atoms with van der Waals surface area (Å²) in [7, 11) is 1.60. The summed E-state index contributed by atoms with van der Waals surface area (Å²) in [6.45, 7) is 5.03. The molecule has 1 aromatic carbocycles. The zero-order valence-electron chi connectivity index (χ0n) is 12.9. The molecule has 1 amide bonds. The second kappa shape index (κ2) is 9.34. The summed E-state index contributed by atoms with van der Waals surface area (Å²) in [4.78, 5) is 22.0. The first kappa shape index (κ1) is 20.3. The van der Waals surface area contributed by atoms with Gasteiger partial charge in [0.05, 0.1) is 23.6 Å². The summed E-state index contributed by atoms with van der Waals surface area (Å²) in [6.07, 6.45) is 0. The molecule has 0 spiro atoms. The third-order valence-corrected chi connectivity index (χ3v) is 3.02. The zero-order valence-corrected chi connectivity index (χ0v) is 13.7. The molecular formula is C14H22ClN3O4. The standard InChI is InChI=1S/C14H21N3O4.ClH/c1-14(2,16-13(18)10-15-8-9-21-3)11-4-6-12(7-5-11)17(19)20;/h4-7,15H,8-10H2,1-3H3,(H,16,18);1H. The van der Waals surface area contributed by atoms with Gasteiger partial charge in [-0.3, -0.25) is 14.9 Å². The van der Waals surface area contributed by atoms with Gasteiger partial charge in [-0.05, 0) is 31.5 Å². The van der Waals surface area contributed by atoms with E-state index < -0.39 is 10.5 Å². The molecule has 0 bridgehead atoms. The number of hydrogen-bond acceptors (Lipinski definition) is 5. The average Bonchev–Trinajstić information content (AvgIpc) is 2.43. The molecule has 0 saturated heterocycles. The van der Waals surface area contributed by atoms with Gasteiger partial charge in [-0.1, -0.05) is 0 Å². The molecule has 124 valence electrons. The van der Waals surface area contributed by atoms with E-state index in [1.807, 2.05) is 13.8 Å². The van der Waals surface area contributed by atoms with Crippen molar-refractivity contribution < 1.29 is 14.5 Å². The van der Waals surface area contributed by atoms with E-state index in [0.29, 0.717) is 13.2 Å². The van der Waals surface area contributed by atoms with Crippen LogP contribution in [0.1, 0.15) is 19.4 Å². The molecule has 0 heterocycles. The van der Waals surface area contributed by atoms with Crippen molar-refractivity contribution >= 4 is 24.0 Å². The molecule has 7 nitrogen and oxygen atoms in total. The predicted octanol–water partition coefficient (Wildman–Crippen LogP) is 1.60. The molecule has 2 N–H and O–H groups in total. The lowest BCUT2D eigenvalue weighted by atomic mass is 9.94. The summed E-state index contributed by atoms with van der Waals surface area (Å²) in [5, 5.41) is 16.5. The molecule has 8 heteroatoms. The van der Waals surface area contributed by atoms with Gasteiger partial charge in [-0.2, -0.15) is 0 Å². The Hall–Kier alpha value is -1.70. The molecule has 0 aliphatic rings. The first-order chi connectivity index (χ1) is 9.86. The van der Waals surface area contributed by atoms with Crippen LogP contribution in [0, 0.1) is 10.1 Å². The van der Waals surface area contributed by atoms with E-state index in [-0.39, 0.29) is 30.5 Å². The topological polar surface area (TPSA) is 93.5 Å². The van der Waals surface area contributed by atoms with Crippen molar-refractivity contribution in [2.45, 2.75) is 19.4 Å². The van der Waals surface area contributed by atoms with Crippen LogP contribution >= 0.6 is 12.4 Å². The SMILES string of the molecule is COCCNCC(=O)NC(C)(C)c1ccc([N+](=O)[O-])cc1.Cl. The lowest BCUT2D eigenvalue weighted by Crippen LogP contribution is -2.45. The molecule has 1 aromatic rings. The highest BCUT2D eigenvalue weighted by molar-refractivity contribution is 5.85. The quantitative estimate of drug-likeness (QED) is 0.429. The van der Waals surface area contributed by atoms with Gasteiger partial charge in [-0.25, -0.2) is 0 Å². The van der Waals surface area contributed by atoms with Crippen LogP contribution in [0.25, 0.3) is 0 Å². The first-order valence-electron chi connectivity index (χ1n) is 6.62. The van der Waals surface area contributed by atoms with Gasteiger partial charge in [0.2, 0.25) is 5.91 Å². The van der Waals surface area contributed by atoms with E-state index in [2.05, 4.69) is 10.6 Å². The fraction of sp³-hybridized carbons (Fsp3) is 0.500. The normalized spacial score (nSPS) is 10.7. The summed E-state index contributed by atoms with van der Waals surface area (Å²) in [5.74, 6) is -0.144. The molecule has 0 aliphatic heterocycles. The van der Waals surface area contributed by atoms with Crippen LogP contribution in [0.4, 0.5) is 5.69 Å². The van der Waals surface area contributed by atoms with Gasteiger partial charge in [-0.15, -0.1) is 12.4 Å². The van der Waals surface area contributed by atoms with Gasteiger partial charge < -0.3 is 15.4 Å². The maximum Gasteiger partial charge on any atom is 0.269 e. The second-order valence-electron chi connectivity index (χ2n) is 5.15. The number of nitrogens with zero attached hydrogens (tertiary/aromatic N) is 1. The third kappa shape index (κ3) is 6.38. The highest BCUT2D eigenvalue weighted by atomic mass is 35.5. The van der Waals surface area contributed by atoms with Crippen LogP contribution in [0.5, 0.6) is 0 Å². The van der Waals surface area contributed by atoms with Gasteiger partial charge in [0.25, 0.3) is 5.69 Å². The zero-order chi connectivity index (χ0) is 15.9. The minimum atomic E-state index is -0.602. The van der Waals surface area contributed by atoms with Crippen LogP contribution < -0.4 is 10.6 Å². The van der Waals surface area contributed by atoms with Gasteiger partial charge in [0, 0.05) is 25.8 Å². The number of methoxy groups -OCH3 is 1. The highest BCUT2D eigenvalue weighted by Crippen LogP contribution is 2.22. The van der Waals surface area contributed by atoms with Crippen molar-refractivity contribution in [1.82, 2.24) is 10.6 Å². The number of halogens is 1. The van der Waals surface area contributed by atoms with Crippen molar-refractivity contribution in [3.63, 3.8) is 0 Å². The van der Waals surface area contributed by atoms with E-state index in [4.69, 9.17) is 4.74 Å². The van der Waals surface area contributed by atoms with Crippen LogP contribution in [0.15, 0.2) is 24.3 Å². The van der Waals surface area contributed by atoms with Crippen molar-refractivity contribution in [3.05, 3.63) is 39.9 Å². The monoisotopic (exact) mass is 331 g/mol. The number of nitrogens with one attached hydrogen (secondary N) is 2. The molecule has 0 aliphatic carbocycles. The number of ether oxygens (including phenoxy) is 1. The Balaban J connectivity index is 0.00000441. The Morgan fingerprint density at radius 2 is 1.91 bits per heavy atom. The Morgan fingerprint density at radius 1 is 1.32 bits per heavy atom. The number of carbonyl (C=O) groups excluding carboxylic acids is 1. The third-order valence-electron chi connectivity index (χ3n) is 3.02. The molecule has 0 fully saturated rings. The fourth-order valence-electron chi connectivity index (χ4n) is 1.84. The lowest BCUT2D eigenvalue weighted by molar-refractivity contribution is -0.384. The maximum atomic E-state index is 11.8. The van der Waals surface area contributed by atoms with Crippen LogP contribution in [-0.2, 0) is 15.1 Å². The first-order valence-corrected chi connectivity index (χ1v) is 6.62. The molecule has 1 rings (SSSR count). The van der Waals surface area contributed by atoms with Crippen LogP contribution in [0.2, 0.25) is 0 Å². The minimum Gasteiger partial charge on any atom is -0.383 e. The lowest BCUT2D eigenvalue weighted by Gasteiger charge is -2.27. The van der Waals surface area contributed by atoms with E-state index in [0.717, 1.165) is 5.56 Å². The Morgan fingerprint density at radius 3 is 2.41 bits per heavy atom. The smallest absolute Gasteiger partial charge is 0.269 e. The molecule has 0 saturated carbocycles. The molecule has 0 atom stereocenters. The Kier molecular flexibility index (Phi) is 8.62. The van der Waals surface area contributed by atoms with Gasteiger partial charge in [0.15, 0.2) is 0 Å². The molecule has 0 unspecified atom stereocenters. The number of carbonyl (C=O) groups is 1. The number of nitro groups is 1. The van der Waals surface area contributed by atoms with Crippen molar-refractivity contribution in [1.29, 1.82) is 0 Å². The van der Waals surface area contributed by atoms with Crippen molar-refractivity contribution in [3.8, 4) is 0 Å². The molecule has 0 radical (unpaired) electrons. The number of non-ortho nitro benzene ring substituents is 1. The summed E-state index contributed by atoms with van der Waals surface area (Å²) in [5.41, 5.74) is 0.232. The fourth-order valence-corrected chi connectivity index (χ4v) is 1.84. The Bertz CT molecular complexity index is 491. The molecule has 22 heavy (non-hydrogen) atoms. The number of nitro benzene ring substituents is 1. The minimum absolute atomic E-state index is 0. The Labute approximate surface area is 136 Å². The van der Waals surface area contributed by atoms with E-state index in [1.54, 1.807) is 19.2 Å². The average molecular weight is 332 g/mol. The van der Waals surface area contributed by atoms with Crippen molar-refractivity contribution in [2.24, 2.45) is 0 Å². The van der Waals surface area contributed by atoms with E-state index in [1.165, 1.54) is 12.1 Å². The molecule has 0 aromatic heterocycles. The number of rotatable bonds is 8. The van der Waals surface area contributed by atoms with E-state index >= 15 is 0 Å². The predicted molar refractivity (Wildman–Crippen MR) is 86.3 cm³/mol. The van der Waals surface area contributed by atoms with Crippen LogP contribution in [0.3, 0.4) is 0 Å². The van der Waals surface area contributed by atoms with Gasteiger partial charge in [0.1, 0.15) is 0 Å². The maximum absolute atomic E-state index is 11.8. The van der Waals surface area contributed by atoms with E-state index in [9.17, 15) is 14.9 Å². The largest absolute Gasteiger partial charge is 0.383 e.